The molecule has 7 nitrogen and oxygen atoms in total. The van der Waals surface area contributed by atoms with Gasteiger partial charge in [-0.2, -0.15) is 5.26 Å². The number of furan rings is 1. The number of nitrogens with zero attached hydrogens (tertiary/aromatic N) is 3. The van der Waals surface area contributed by atoms with Crippen molar-refractivity contribution in [3.63, 3.8) is 0 Å². The summed E-state index contributed by atoms with van der Waals surface area (Å²) >= 11 is 3.61. The van der Waals surface area contributed by atoms with E-state index in [1.807, 2.05) is 6.07 Å². The SMILES string of the molecule is CC(=O)NC1CCN(C2CCC(Nc3ncc4oc(C#N)cc4c3Br)CC2)C1. The van der Waals surface area contributed by atoms with Crippen LogP contribution in [0.25, 0.3) is 11.0 Å². The third kappa shape index (κ3) is 4.01. The van der Waals surface area contributed by atoms with Crippen LogP contribution < -0.4 is 10.6 Å². The molecular formula is C20H24BrN5O2. The molecule has 148 valence electrons. The fourth-order valence-corrected chi connectivity index (χ4v) is 4.97. The Morgan fingerprint density at radius 3 is 2.82 bits per heavy atom. The molecule has 4 rings (SSSR count). The highest BCUT2D eigenvalue weighted by Gasteiger charge is 2.31. The Labute approximate surface area is 172 Å². The summed E-state index contributed by atoms with van der Waals surface area (Å²) in [6.07, 6.45) is 7.19. The molecule has 2 fully saturated rings. The number of nitriles is 1. The molecule has 0 bridgehead atoms. The summed E-state index contributed by atoms with van der Waals surface area (Å²) in [4.78, 5) is 18.3. The molecule has 28 heavy (non-hydrogen) atoms. The van der Waals surface area contributed by atoms with Gasteiger partial charge in [-0.05, 0) is 48.0 Å². The molecule has 1 aliphatic heterocycles. The molecule has 2 aliphatic rings. The number of nitrogens with one attached hydrogen (secondary N) is 2. The Morgan fingerprint density at radius 1 is 1.32 bits per heavy atom. The first-order valence-corrected chi connectivity index (χ1v) is 10.6. The number of fused-ring (bicyclic) bond motifs is 1. The minimum Gasteiger partial charge on any atom is -0.444 e. The second-order valence-electron chi connectivity index (χ2n) is 7.75. The van der Waals surface area contributed by atoms with Crippen LogP contribution in [0.3, 0.4) is 0 Å². The van der Waals surface area contributed by atoms with Gasteiger partial charge in [0.05, 0.1) is 10.7 Å². The van der Waals surface area contributed by atoms with Gasteiger partial charge < -0.3 is 15.1 Å². The Morgan fingerprint density at radius 2 is 2.11 bits per heavy atom. The lowest BCUT2D eigenvalue weighted by Gasteiger charge is -2.35. The molecule has 1 unspecified atom stereocenters. The first kappa shape index (κ1) is 19.2. The van der Waals surface area contributed by atoms with Gasteiger partial charge in [0, 0.05) is 49.6 Å². The highest BCUT2D eigenvalue weighted by molar-refractivity contribution is 9.10. The predicted octanol–water partition coefficient (Wildman–Crippen LogP) is 3.40. The minimum absolute atomic E-state index is 0.0642. The Hall–Kier alpha value is -2.11. The monoisotopic (exact) mass is 445 g/mol. The van der Waals surface area contributed by atoms with E-state index in [-0.39, 0.29) is 5.91 Å². The summed E-state index contributed by atoms with van der Waals surface area (Å²) in [6, 6.07) is 5.05. The maximum Gasteiger partial charge on any atom is 0.217 e. The number of halogens is 1. The molecule has 0 spiro atoms. The van der Waals surface area contributed by atoms with Gasteiger partial charge in [-0.3, -0.25) is 9.69 Å². The fourth-order valence-electron chi connectivity index (χ4n) is 4.44. The molecule has 1 atom stereocenters. The molecular weight excluding hydrogens is 422 g/mol. The average Bonchev–Trinajstić information content (AvgIpc) is 3.31. The van der Waals surface area contributed by atoms with Gasteiger partial charge in [-0.1, -0.05) is 0 Å². The zero-order valence-electron chi connectivity index (χ0n) is 15.9. The molecule has 2 N–H and O–H groups in total. The van der Waals surface area contributed by atoms with Crippen molar-refractivity contribution in [2.24, 2.45) is 0 Å². The number of hydrogen-bond acceptors (Lipinski definition) is 6. The van der Waals surface area contributed by atoms with Gasteiger partial charge >= 0.3 is 0 Å². The largest absolute Gasteiger partial charge is 0.444 e. The smallest absolute Gasteiger partial charge is 0.217 e. The zero-order chi connectivity index (χ0) is 19.7. The molecule has 2 aromatic heterocycles. The summed E-state index contributed by atoms with van der Waals surface area (Å²) in [5.74, 6) is 1.15. The second kappa shape index (κ2) is 8.10. The number of likely N-dealkylation sites (tertiary alicyclic amines) is 1. The summed E-state index contributed by atoms with van der Waals surface area (Å²) in [6.45, 7) is 3.63. The van der Waals surface area contributed by atoms with E-state index in [1.165, 1.54) is 0 Å². The molecule has 1 aliphatic carbocycles. The zero-order valence-corrected chi connectivity index (χ0v) is 17.5. The summed E-state index contributed by atoms with van der Waals surface area (Å²) in [5, 5.41) is 16.5. The summed E-state index contributed by atoms with van der Waals surface area (Å²) in [5.41, 5.74) is 0.612. The van der Waals surface area contributed by atoms with Crippen LogP contribution in [0.5, 0.6) is 0 Å². The number of aromatic nitrogens is 1. The van der Waals surface area contributed by atoms with Crippen molar-refractivity contribution in [2.45, 2.75) is 57.2 Å². The van der Waals surface area contributed by atoms with E-state index in [1.54, 1.807) is 19.2 Å². The first-order chi connectivity index (χ1) is 13.5. The molecule has 8 heteroatoms. The van der Waals surface area contributed by atoms with Crippen LogP contribution in [0.2, 0.25) is 0 Å². The van der Waals surface area contributed by atoms with Gasteiger partial charge in [-0.25, -0.2) is 4.98 Å². The third-order valence-electron chi connectivity index (χ3n) is 5.81. The highest BCUT2D eigenvalue weighted by atomic mass is 79.9. The topological polar surface area (TPSA) is 94.2 Å². The Kier molecular flexibility index (Phi) is 5.56. The van der Waals surface area contributed by atoms with Gasteiger partial charge in [0.25, 0.3) is 0 Å². The summed E-state index contributed by atoms with van der Waals surface area (Å²) < 4.78 is 6.28. The van der Waals surface area contributed by atoms with Crippen molar-refractivity contribution < 1.29 is 9.21 Å². The van der Waals surface area contributed by atoms with Crippen LogP contribution >= 0.6 is 15.9 Å². The van der Waals surface area contributed by atoms with E-state index in [0.717, 1.165) is 60.9 Å². The van der Waals surface area contributed by atoms with E-state index in [9.17, 15) is 4.79 Å². The van der Waals surface area contributed by atoms with Gasteiger partial charge in [0.15, 0.2) is 5.58 Å². The number of hydrogen-bond donors (Lipinski definition) is 2. The van der Waals surface area contributed by atoms with Gasteiger partial charge in [-0.15, -0.1) is 0 Å². The number of rotatable bonds is 4. The molecule has 1 amide bonds. The first-order valence-electron chi connectivity index (χ1n) is 9.79. The molecule has 1 saturated carbocycles. The number of pyridine rings is 1. The van der Waals surface area contributed by atoms with E-state index < -0.39 is 0 Å². The maximum absolute atomic E-state index is 11.3. The van der Waals surface area contributed by atoms with Gasteiger partial charge in [0.2, 0.25) is 11.7 Å². The lowest BCUT2D eigenvalue weighted by Crippen LogP contribution is -2.42. The second-order valence-corrected chi connectivity index (χ2v) is 8.55. The van der Waals surface area contributed by atoms with E-state index in [0.29, 0.717) is 29.5 Å². The van der Waals surface area contributed by atoms with Crippen LogP contribution in [-0.4, -0.2) is 47.0 Å². The molecule has 1 saturated heterocycles. The number of carbonyl (C=O) groups is 1. The summed E-state index contributed by atoms with van der Waals surface area (Å²) in [7, 11) is 0. The van der Waals surface area contributed by atoms with Crippen molar-refractivity contribution in [3.05, 3.63) is 22.5 Å². The van der Waals surface area contributed by atoms with E-state index in [2.05, 4.69) is 36.4 Å². The number of amides is 1. The molecule has 2 aromatic rings. The van der Waals surface area contributed by atoms with Crippen LogP contribution in [0.15, 0.2) is 21.2 Å². The Balaban J connectivity index is 1.34. The predicted molar refractivity (Wildman–Crippen MR) is 110 cm³/mol. The maximum atomic E-state index is 11.3. The van der Waals surface area contributed by atoms with Crippen LogP contribution in [0.1, 0.15) is 44.8 Å². The molecule has 0 aromatic carbocycles. The van der Waals surface area contributed by atoms with Crippen molar-refractivity contribution in [3.8, 4) is 6.07 Å². The van der Waals surface area contributed by atoms with Crippen LogP contribution in [0.4, 0.5) is 5.82 Å². The van der Waals surface area contributed by atoms with Crippen LogP contribution in [-0.2, 0) is 4.79 Å². The van der Waals surface area contributed by atoms with Crippen molar-refractivity contribution in [2.75, 3.05) is 18.4 Å². The molecule has 3 heterocycles. The van der Waals surface area contributed by atoms with Gasteiger partial charge in [0.1, 0.15) is 11.9 Å². The van der Waals surface area contributed by atoms with Crippen molar-refractivity contribution in [1.82, 2.24) is 15.2 Å². The average molecular weight is 446 g/mol. The number of carbonyl (C=O) groups excluding carboxylic acids is 1. The third-order valence-corrected chi connectivity index (χ3v) is 6.61. The van der Waals surface area contributed by atoms with Crippen molar-refractivity contribution in [1.29, 1.82) is 5.26 Å². The lowest BCUT2D eigenvalue weighted by molar-refractivity contribution is -0.119. The van der Waals surface area contributed by atoms with E-state index in [4.69, 9.17) is 9.68 Å². The quantitative estimate of drug-likeness (QED) is 0.748. The minimum atomic E-state index is 0.0642. The standard InChI is InChI=1S/C20H24BrN5O2/c1-12(27)24-14-6-7-26(11-14)15-4-2-13(3-5-15)25-20-19(21)17-8-16(9-22)28-18(17)10-23-20/h8,10,13-15H,2-7,11H2,1H3,(H,23,25)(H,24,27). The molecule has 0 radical (unpaired) electrons. The highest BCUT2D eigenvalue weighted by Crippen LogP contribution is 2.34. The lowest BCUT2D eigenvalue weighted by atomic mass is 9.90. The number of anilines is 1. The van der Waals surface area contributed by atoms with Crippen LogP contribution in [0, 0.1) is 11.3 Å². The fraction of sp³-hybridized carbons (Fsp3) is 0.550. The Bertz CT molecular complexity index is 913. The normalized spacial score (nSPS) is 25.5. The van der Waals surface area contributed by atoms with E-state index >= 15 is 0 Å². The van der Waals surface area contributed by atoms with Crippen molar-refractivity contribution >= 4 is 38.6 Å².